The lowest BCUT2D eigenvalue weighted by atomic mass is 10.00. The minimum atomic E-state index is -1.08. The van der Waals surface area contributed by atoms with E-state index in [0.29, 0.717) is 6.42 Å². The number of carbonyl (C=O) groups excluding carboxylic acids is 1. The summed E-state index contributed by atoms with van der Waals surface area (Å²) < 4.78 is 4.50. The van der Waals surface area contributed by atoms with Crippen molar-refractivity contribution in [1.82, 2.24) is 0 Å². The Kier molecular flexibility index (Phi) is 13.2. The van der Waals surface area contributed by atoms with Crippen LogP contribution in [0.3, 0.4) is 0 Å². The van der Waals surface area contributed by atoms with Crippen LogP contribution in [0.2, 0.25) is 0 Å². The minimum Gasteiger partial charge on any atom is -0.481 e. The van der Waals surface area contributed by atoms with Crippen LogP contribution in [-0.4, -0.2) is 24.2 Å². The number of rotatable bonds is 14. The molecule has 124 valence electrons. The van der Waals surface area contributed by atoms with Gasteiger partial charge in [-0.05, 0) is 6.42 Å². The summed E-state index contributed by atoms with van der Waals surface area (Å²) in [6, 6.07) is 0. The van der Waals surface area contributed by atoms with E-state index in [9.17, 15) is 9.59 Å². The second kappa shape index (κ2) is 13.9. The van der Waals surface area contributed by atoms with Crippen LogP contribution in [0.4, 0.5) is 0 Å². The highest BCUT2D eigenvalue weighted by atomic mass is 16.5. The molecule has 0 saturated heterocycles. The summed E-state index contributed by atoms with van der Waals surface area (Å²) in [4.78, 5) is 22.2. The van der Waals surface area contributed by atoms with Gasteiger partial charge in [0.2, 0.25) is 0 Å². The van der Waals surface area contributed by atoms with Gasteiger partial charge in [-0.3, -0.25) is 9.59 Å². The third kappa shape index (κ3) is 11.3. The average Bonchev–Trinajstić information content (AvgIpc) is 2.47. The van der Waals surface area contributed by atoms with E-state index in [4.69, 9.17) is 5.11 Å². The average molecular weight is 300 g/mol. The molecule has 0 bridgehead atoms. The van der Waals surface area contributed by atoms with E-state index in [1.54, 1.807) is 0 Å². The molecule has 0 aliphatic heterocycles. The maximum atomic E-state index is 11.3. The fourth-order valence-corrected chi connectivity index (χ4v) is 2.50. The number of carboxylic acids is 1. The molecule has 0 radical (unpaired) electrons. The summed E-state index contributed by atoms with van der Waals surface area (Å²) >= 11 is 0. The van der Waals surface area contributed by atoms with Gasteiger partial charge in [0, 0.05) is 0 Å². The first-order valence-electron chi connectivity index (χ1n) is 8.44. The molecule has 0 rings (SSSR count). The van der Waals surface area contributed by atoms with Crippen LogP contribution in [-0.2, 0) is 14.3 Å². The predicted octanol–water partition coefficient (Wildman–Crippen LogP) is 4.56. The molecule has 0 spiro atoms. The molecular formula is C17H32O4. The zero-order chi connectivity index (χ0) is 15.9. The van der Waals surface area contributed by atoms with Crippen molar-refractivity contribution in [2.24, 2.45) is 5.92 Å². The number of carboxylic acid groups (broad SMARTS) is 1. The largest absolute Gasteiger partial charge is 0.481 e. The van der Waals surface area contributed by atoms with Gasteiger partial charge in [-0.2, -0.15) is 0 Å². The van der Waals surface area contributed by atoms with Crippen molar-refractivity contribution >= 4 is 11.9 Å². The normalized spacial score (nSPS) is 12.1. The molecule has 0 aliphatic carbocycles. The minimum absolute atomic E-state index is 0.388. The Morgan fingerprint density at radius 1 is 0.857 bits per heavy atom. The third-order valence-corrected chi connectivity index (χ3v) is 3.88. The molecule has 0 aromatic heterocycles. The highest BCUT2D eigenvalue weighted by Crippen LogP contribution is 2.15. The topological polar surface area (TPSA) is 63.6 Å². The van der Waals surface area contributed by atoms with Crippen LogP contribution >= 0.6 is 0 Å². The summed E-state index contributed by atoms with van der Waals surface area (Å²) in [7, 11) is 1.23. The number of methoxy groups -OCH3 is 1. The first-order chi connectivity index (χ1) is 10.1. The Morgan fingerprint density at radius 3 is 1.67 bits per heavy atom. The molecule has 4 nitrogen and oxygen atoms in total. The Balaban J connectivity index is 3.42. The van der Waals surface area contributed by atoms with Gasteiger partial charge in [-0.1, -0.05) is 77.6 Å². The van der Waals surface area contributed by atoms with Gasteiger partial charge in [-0.15, -0.1) is 0 Å². The van der Waals surface area contributed by atoms with Crippen LogP contribution in [0.1, 0.15) is 84.0 Å². The maximum absolute atomic E-state index is 11.3. The Hall–Kier alpha value is -1.06. The Labute approximate surface area is 129 Å². The van der Waals surface area contributed by atoms with Gasteiger partial charge in [0.15, 0.2) is 5.92 Å². The first kappa shape index (κ1) is 19.9. The van der Waals surface area contributed by atoms with Gasteiger partial charge in [0.25, 0.3) is 0 Å². The number of carbonyl (C=O) groups is 2. The molecule has 0 heterocycles. The zero-order valence-corrected chi connectivity index (χ0v) is 13.7. The lowest BCUT2D eigenvalue weighted by molar-refractivity contribution is -0.157. The van der Waals surface area contributed by atoms with Crippen LogP contribution in [0.15, 0.2) is 0 Å². The van der Waals surface area contributed by atoms with Crippen LogP contribution in [0.5, 0.6) is 0 Å². The lowest BCUT2D eigenvalue weighted by Crippen LogP contribution is -2.24. The van der Waals surface area contributed by atoms with Crippen molar-refractivity contribution in [2.75, 3.05) is 7.11 Å². The summed E-state index contributed by atoms with van der Waals surface area (Å²) in [6.45, 7) is 2.23. The van der Waals surface area contributed by atoms with Gasteiger partial charge in [-0.25, -0.2) is 0 Å². The molecule has 1 atom stereocenters. The van der Waals surface area contributed by atoms with Crippen molar-refractivity contribution in [3.63, 3.8) is 0 Å². The molecule has 0 aromatic rings. The van der Waals surface area contributed by atoms with E-state index in [1.807, 2.05) is 0 Å². The number of unbranched alkanes of at least 4 members (excludes halogenated alkanes) is 10. The van der Waals surface area contributed by atoms with E-state index >= 15 is 0 Å². The monoisotopic (exact) mass is 300 g/mol. The Bertz CT molecular complexity index is 276. The highest BCUT2D eigenvalue weighted by Gasteiger charge is 2.26. The smallest absolute Gasteiger partial charge is 0.320 e. The molecule has 0 fully saturated rings. The van der Waals surface area contributed by atoms with Gasteiger partial charge in [0.05, 0.1) is 7.11 Å². The van der Waals surface area contributed by atoms with Crippen LogP contribution in [0.25, 0.3) is 0 Å². The SMILES string of the molecule is CCCCCCCCCCCCCC(C(=O)O)C(=O)OC. The summed E-state index contributed by atoms with van der Waals surface area (Å²) in [5, 5.41) is 8.94. The van der Waals surface area contributed by atoms with Crippen molar-refractivity contribution < 1.29 is 19.4 Å². The first-order valence-corrected chi connectivity index (χ1v) is 8.44. The molecule has 0 aliphatic rings. The fraction of sp³-hybridized carbons (Fsp3) is 0.882. The van der Waals surface area contributed by atoms with Crippen molar-refractivity contribution in [3.05, 3.63) is 0 Å². The second-order valence-electron chi connectivity index (χ2n) is 5.74. The lowest BCUT2D eigenvalue weighted by Gasteiger charge is -2.09. The van der Waals surface area contributed by atoms with E-state index in [0.717, 1.165) is 19.3 Å². The number of ether oxygens (including phenoxy) is 1. The summed E-state index contributed by atoms with van der Waals surface area (Å²) in [6.07, 6.45) is 13.8. The second-order valence-corrected chi connectivity index (χ2v) is 5.74. The van der Waals surface area contributed by atoms with Crippen molar-refractivity contribution in [2.45, 2.75) is 84.0 Å². The fourth-order valence-electron chi connectivity index (χ4n) is 2.50. The Morgan fingerprint density at radius 2 is 1.29 bits per heavy atom. The number of esters is 1. The standard InChI is InChI=1S/C17H32O4/c1-3-4-5-6-7-8-9-10-11-12-13-14-15(16(18)19)17(20)21-2/h15H,3-14H2,1-2H3,(H,18,19). The highest BCUT2D eigenvalue weighted by molar-refractivity contribution is 5.93. The summed E-state index contributed by atoms with van der Waals surface area (Å²) in [5.41, 5.74) is 0. The number of hydrogen-bond acceptors (Lipinski definition) is 3. The quantitative estimate of drug-likeness (QED) is 0.290. The van der Waals surface area contributed by atoms with E-state index < -0.39 is 17.9 Å². The van der Waals surface area contributed by atoms with Crippen molar-refractivity contribution in [1.29, 1.82) is 0 Å². The maximum Gasteiger partial charge on any atom is 0.320 e. The molecule has 0 aromatic carbocycles. The summed E-state index contributed by atoms with van der Waals surface area (Å²) in [5.74, 6) is -2.70. The van der Waals surface area contributed by atoms with Crippen LogP contribution < -0.4 is 0 Å². The zero-order valence-electron chi connectivity index (χ0n) is 13.7. The molecule has 1 N–H and O–H groups in total. The molecule has 4 heteroatoms. The molecule has 1 unspecified atom stereocenters. The third-order valence-electron chi connectivity index (χ3n) is 3.88. The van der Waals surface area contributed by atoms with Gasteiger partial charge < -0.3 is 9.84 Å². The van der Waals surface area contributed by atoms with E-state index in [2.05, 4.69) is 11.7 Å². The number of aliphatic carboxylic acids is 1. The molecule has 0 saturated carbocycles. The molecule has 0 amide bonds. The van der Waals surface area contributed by atoms with Crippen molar-refractivity contribution in [3.8, 4) is 0 Å². The van der Waals surface area contributed by atoms with E-state index in [-0.39, 0.29) is 0 Å². The predicted molar refractivity (Wildman–Crippen MR) is 84.2 cm³/mol. The number of hydrogen-bond donors (Lipinski definition) is 1. The van der Waals surface area contributed by atoms with E-state index in [1.165, 1.54) is 58.5 Å². The van der Waals surface area contributed by atoms with Gasteiger partial charge >= 0.3 is 11.9 Å². The van der Waals surface area contributed by atoms with Gasteiger partial charge in [0.1, 0.15) is 0 Å². The molecule has 21 heavy (non-hydrogen) atoms. The van der Waals surface area contributed by atoms with Crippen LogP contribution in [0, 0.1) is 5.92 Å². The molecular weight excluding hydrogens is 268 g/mol.